The van der Waals surface area contributed by atoms with Crippen LogP contribution in [0.25, 0.3) is 16.5 Å². The quantitative estimate of drug-likeness (QED) is 0.424. The fraction of sp³-hybridized carbons (Fsp3) is 0.419. The molecule has 0 saturated carbocycles. The van der Waals surface area contributed by atoms with Crippen LogP contribution in [0.4, 0.5) is 0 Å². The summed E-state index contributed by atoms with van der Waals surface area (Å²) in [7, 11) is 0. The van der Waals surface area contributed by atoms with Crippen LogP contribution in [0.2, 0.25) is 0 Å². The molecule has 8 bridgehead atoms. The first-order valence-corrected chi connectivity index (χ1v) is 13.4. The number of hydrogen-bond donors (Lipinski definition) is 1. The molecule has 0 aliphatic heterocycles. The predicted molar refractivity (Wildman–Crippen MR) is 144 cm³/mol. The van der Waals surface area contributed by atoms with Crippen molar-refractivity contribution in [2.75, 3.05) is 5.75 Å². The molecule has 1 nitrogen and oxygen atoms in total. The maximum absolute atomic E-state index is 11.0. The van der Waals surface area contributed by atoms with Gasteiger partial charge in [0, 0.05) is 5.56 Å². The van der Waals surface area contributed by atoms with Crippen LogP contribution in [0.1, 0.15) is 88.1 Å². The van der Waals surface area contributed by atoms with E-state index in [0.29, 0.717) is 5.76 Å². The zero-order chi connectivity index (χ0) is 23.4. The second-order valence-corrected chi connectivity index (χ2v) is 12.7. The molecule has 3 aromatic carbocycles. The van der Waals surface area contributed by atoms with Gasteiger partial charge >= 0.3 is 0 Å². The summed E-state index contributed by atoms with van der Waals surface area (Å²) >= 11 is 2.06. The van der Waals surface area contributed by atoms with Gasteiger partial charge in [0.2, 0.25) is 0 Å². The summed E-state index contributed by atoms with van der Waals surface area (Å²) in [6.45, 7) is 11.9. The first kappa shape index (κ1) is 22.6. The summed E-state index contributed by atoms with van der Waals surface area (Å²) < 4.78 is -0.109. The molecule has 3 aromatic rings. The maximum Gasteiger partial charge on any atom is 0.118 e. The lowest BCUT2D eigenvalue weighted by Gasteiger charge is -2.44. The van der Waals surface area contributed by atoms with E-state index in [1.165, 1.54) is 33.0 Å². The Labute approximate surface area is 203 Å². The third-order valence-electron chi connectivity index (χ3n) is 8.28. The van der Waals surface area contributed by atoms with E-state index in [4.69, 9.17) is 0 Å². The third kappa shape index (κ3) is 3.71. The Bertz CT molecular complexity index is 1250. The second-order valence-electron chi connectivity index (χ2n) is 11.2. The molecule has 0 saturated heterocycles. The highest BCUT2D eigenvalue weighted by molar-refractivity contribution is 8.00. The van der Waals surface area contributed by atoms with Crippen LogP contribution >= 0.6 is 11.8 Å². The minimum Gasteiger partial charge on any atom is -0.508 e. The van der Waals surface area contributed by atoms with Crippen molar-refractivity contribution < 1.29 is 5.11 Å². The van der Waals surface area contributed by atoms with Gasteiger partial charge in [-0.05, 0) is 100 Å². The van der Waals surface area contributed by atoms with Gasteiger partial charge in [0.25, 0.3) is 0 Å². The van der Waals surface area contributed by atoms with E-state index >= 15 is 0 Å². The Morgan fingerprint density at radius 3 is 2.30 bits per heavy atom. The Hall–Kier alpha value is -2.19. The van der Waals surface area contributed by atoms with Crippen LogP contribution < -0.4 is 0 Å². The van der Waals surface area contributed by atoms with Crippen molar-refractivity contribution >= 4 is 28.3 Å². The Kier molecular flexibility index (Phi) is 5.44. The van der Waals surface area contributed by atoms with Crippen molar-refractivity contribution in [3.05, 3.63) is 88.5 Å². The van der Waals surface area contributed by atoms with Gasteiger partial charge in [-0.3, -0.25) is 0 Å². The number of benzene rings is 3. The molecular formula is C31H36OS. The van der Waals surface area contributed by atoms with Crippen molar-refractivity contribution in [2.45, 2.75) is 75.9 Å². The molecule has 172 valence electrons. The summed E-state index contributed by atoms with van der Waals surface area (Å²) in [5, 5.41) is 13.4. The van der Waals surface area contributed by atoms with Crippen LogP contribution in [0, 0.1) is 0 Å². The number of aliphatic hydroxyl groups is 1. The first-order valence-electron chi connectivity index (χ1n) is 12.4. The molecule has 1 N–H and O–H groups in total. The van der Waals surface area contributed by atoms with E-state index in [9.17, 15) is 5.11 Å². The van der Waals surface area contributed by atoms with Crippen LogP contribution in [0.5, 0.6) is 0 Å². The molecule has 0 aromatic heterocycles. The molecule has 2 heteroatoms. The highest BCUT2D eigenvalue weighted by Crippen LogP contribution is 2.51. The van der Waals surface area contributed by atoms with Crippen molar-refractivity contribution in [3.63, 3.8) is 0 Å². The van der Waals surface area contributed by atoms with Gasteiger partial charge in [-0.2, -0.15) is 0 Å². The van der Waals surface area contributed by atoms with Gasteiger partial charge in [0.05, 0.1) is 4.75 Å². The molecule has 0 amide bonds. The zero-order valence-electron chi connectivity index (χ0n) is 20.7. The third-order valence-corrected chi connectivity index (χ3v) is 9.94. The van der Waals surface area contributed by atoms with E-state index in [2.05, 4.69) is 101 Å². The summed E-state index contributed by atoms with van der Waals surface area (Å²) in [4.78, 5) is 0. The van der Waals surface area contributed by atoms with Crippen molar-refractivity contribution in [2.24, 2.45) is 0 Å². The molecule has 7 aliphatic carbocycles. The Morgan fingerprint density at radius 2 is 1.52 bits per heavy atom. The lowest BCUT2D eigenvalue weighted by Crippen LogP contribution is -2.36. The van der Waals surface area contributed by atoms with Crippen LogP contribution in [0.3, 0.4) is 0 Å². The molecule has 2 atom stereocenters. The van der Waals surface area contributed by atoms with Gasteiger partial charge in [-0.25, -0.2) is 0 Å². The molecule has 0 spiro atoms. The van der Waals surface area contributed by atoms with Gasteiger partial charge in [0.15, 0.2) is 0 Å². The van der Waals surface area contributed by atoms with Crippen molar-refractivity contribution in [1.82, 2.24) is 0 Å². The smallest absolute Gasteiger partial charge is 0.118 e. The summed E-state index contributed by atoms with van der Waals surface area (Å²) in [6.07, 6.45) is 6.35. The molecule has 0 fully saturated rings. The minimum absolute atomic E-state index is 0.0321. The van der Waals surface area contributed by atoms with Gasteiger partial charge in [0.1, 0.15) is 5.76 Å². The molecule has 7 aliphatic rings. The number of hydrogen-bond acceptors (Lipinski definition) is 2. The average molecular weight is 457 g/mol. The zero-order valence-corrected chi connectivity index (χ0v) is 21.5. The van der Waals surface area contributed by atoms with Gasteiger partial charge in [-0.15, -0.1) is 11.8 Å². The molecular weight excluding hydrogens is 420 g/mol. The van der Waals surface area contributed by atoms with E-state index < -0.39 is 0 Å². The lowest BCUT2D eigenvalue weighted by atomic mass is 9.60. The van der Waals surface area contributed by atoms with E-state index in [1.807, 2.05) is 6.08 Å². The number of thioether (sulfide) groups is 1. The van der Waals surface area contributed by atoms with Gasteiger partial charge < -0.3 is 5.11 Å². The fourth-order valence-electron chi connectivity index (χ4n) is 5.78. The normalized spacial score (nSPS) is 27.5. The molecule has 2 unspecified atom stereocenters. The maximum atomic E-state index is 11.0. The standard InChI is InChI=1S/C31H36OS/c1-6-17-33-31(5)24-10-9-21-18-23(8-7-22(21)19-24)28(32)13-14-30(4)16-15-29(2,3)27-20-25(31)11-12-26(27)30/h7-13,18-20,32H,6,14-17H2,1-5H3/b28-13+. The van der Waals surface area contributed by atoms with E-state index in [0.717, 1.165) is 37.0 Å². The summed E-state index contributed by atoms with van der Waals surface area (Å²) in [5.74, 6) is 1.52. The fourth-order valence-corrected chi connectivity index (χ4v) is 6.98. The highest BCUT2D eigenvalue weighted by Gasteiger charge is 2.41. The highest BCUT2D eigenvalue weighted by atomic mass is 32.2. The molecule has 10 rings (SSSR count). The monoisotopic (exact) mass is 456 g/mol. The molecule has 0 heterocycles. The van der Waals surface area contributed by atoms with Crippen LogP contribution in [-0.4, -0.2) is 10.9 Å². The Balaban J connectivity index is 1.82. The summed E-state index contributed by atoms with van der Waals surface area (Å²) in [5.41, 5.74) is 6.79. The minimum atomic E-state index is -0.109. The first-order chi connectivity index (χ1) is 15.7. The van der Waals surface area contributed by atoms with Crippen molar-refractivity contribution in [1.29, 1.82) is 0 Å². The Morgan fingerprint density at radius 1 is 0.818 bits per heavy atom. The SMILES string of the molecule is CCCSC1(C)c2ccc3c(c2)C(C)(C)CCC3(C)C/C=C(/O)c2ccc3cc1ccc3c2. The number of aliphatic hydroxyl groups excluding tert-OH is 1. The largest absolute Gasteiger partial charge is 0.508 e. The van der Waals surface area contributed by atoms with E-state index in [1.54, 1.807) is 0 Å². The molecule has 0 radical (unpaired) electrons. The van der Waals surface area contributed by atoms with E-state index in [-0.39, 0.29) is 15.6 Å². The number of allylic oxidation sites excluding steroid dienone is 1. The predicted octanol–water partition coefficient (Wildman–Crippen LogP) is 8.88. The molecule has 33 heavy (non-hydrogen) atoms. The van der Waals surface area contributed by atoms with Crippen LogP contribution in [-0.2, 0) is 15.6 Å². The number of rotatable bonds is 3. The van der Waals surface area contributed by atoms with Crippen LogP contribution in [0.15, 0.2) is 60.7 Å². The average Bonchev–Trinajstić information content (AvgIpc) is 2.83. The summed E-state index contributed by atoms with van der Waals surface area (Å²) in [6, 6.07) is 20.6. The lowest BCUT2D eigenvalue weighted by molar-refractivity contribution is 0.312. The topological polar surface area (TPSA) is 20.2 Å². The second kappa shape index (κ2) is 7.94. The van der Waals surface area contributed by atoms with Crippen molar-refractivity contribution in [3.8, 4) is 0 Å². The van der Waals surface area contributed by atoms with Gasteiger partial charge in [-0.1, -0.05) is 70.2 Å².